The van der Waals surface area contributed by atoms with Crippen LogP contribution in [-0.4, -0.2) is 68.0 Å². The molecule has 0 radical (unpaired) electrons. The van der Waals surface area contributed by atoms with E-state index >= 15 is 4.39 Å². The topological polar surface area (TPSA) is 103 Å². The number of nitrogens with zero attached hydrogens (tertiary/aromatic N) is 4. The lowest BCUT2D eigenvalue weighted by Gasteiger charge is -2.29. The van der Waals surface area contributed by atoms with Crippen LogP contribution in [0, 0.1) is 11.6 Å². The molecular weight excluding hydrogens is 586 g/mol. The van der Waals surface area contributed by atoms with Crippen molar-refractivity contribution in [2.24, 2.45) is 11.5 Å². The highest BCUT2D eigenvalue weighted by molar-refractivity contribution is 5.96. The first-order chi connectivity index (χ1) is 22.3. The molecule has 8 nitrogen and oxygen atoms in total. The van der Waals surface area contributed by atoms with Gasteiger partial charge >= 0.3 is 0 Å². The van der Waals surface area contributed by atoms with Crippen molar-refractivity contribution in [2.75, 3.05) is 13.1 Å². The smallest absolute Gasteiger partial charge is 0.239 e. The first-order valence-electron chi connectivity index (χ1n) is 17.0. The molecule has 242 valence electrons. The molecule has 2 fully saturated rings. The third-order valence-corrected chi connectivity index (χ3v) is 11.1. The van der Waals surface area contributed by atoms with Gasteiger partial charge in [0.2, 0.25) is 11.8 Å². The summed E-state index contributed by atoms with van der Waals surface area (Å²) < 4.78 is 34.4. The Bertz CT molecular complexity index is 1860. The number of carbonyl (C=O) groups is 2. The minimum atomic E-state index is -0.611. The number of carbonyl (C=O) groups excluding carboxylic acids is 2. The SMILES string of the molecule is N[C@H]1CCCC[C@H](N)C(=O)N2CCC[C@H]2Cc2c3n(c4cc(F)ccc24)CCn2c-3cc3c(cc(F)cc32)C[C@@H]2CCCN2C1=O. The van der Waals surface area contributed by atoms with Gasteiger partial charge in [-0.05, 0) is 98.9 Å². The average molecular weight is 629 g/mol. The Morgan fingerprint density at radius 2 is 1.24 bits per heavy atom. The number of halogens is 2. The number of nitrogens with two attached hydrogens (primary N) is 2. The van der Waals surface area contributed by atoms with E-state index in [4.69, 9.17) is 11.5 Å². The minimum absolute atomic E-state index is 0.0170. The summed E-state index contributed by atoms with van der Waals surface area (Å²) in [5.74, 6) is -0.664. The Morgan fingerprint density at radius 3 is 1.93 bits per heavy atom. The quantitative estimate of drug-likeness (QED) is 0.291. The fourth-order valence-corrected chi connectivity index (χ4v) is 8.89. The largest absolute Gasteiger partial charge is 0.338 e. The third-order valence-electron chi connectivity index (χ3n) is 11.1. The van der Waals surface area contributed by atoms with Crippen LogP contribution in [0.15, 0.2) is 36.4 Å². The molecule has 46 heavy (non-hydrogen) atoms. The van der Waals surface area contributed by atoms with Crippen molar-refractivity contribution in [3.05, 3.63) is 59.2 Å². The van der Waals surface area contributed by atoms with E-state index < -0.39 is 12.1 Å². The fraction of sp³-hybridized carbons (Fsp3) is 0.500. The number of aromatic nitrogens is 2. The Morgan fingerprint density at radius 1 is 0.630 bits per heavy atom. The van der Waals surface area contributed by atoms with Crippen molar-refractivity contribution in [3.63, 3.8) is 0 Å². The highest BCUT2D eigenvalue weighted by atomic mass is 19.1. The van der Waals surface area contributed by atoms with Gasteiger partial charge in [0.1, 0.15) is 11.6 Å². The van der Waals surface area contributed by atoms with Crippen LogP contribution in [0.4, 0.5) is 8.78 Å². The number of fused-ring (bicyclic) bond motifs is 6. The van der Waals surface area contributed by atoms with Gasteiger partial charge in [-0.3, -0.25) is 9.59 Å². The molecule has 0 unspecified atom stereocenters. The van der Waals surface area contributed by atoms with Crippen molar-refractivity contribution < 1.29 is 18.4 Å². The van der Waals surface area contributed by atoms with Gasteiger partial charge in [-0.1, -0.05) is 12.8 Å². The number of hydrogen-bond acceptors (Lipinski definition) is 4. The van der Waals surface area contributed by atoms with Gasteiger partial charge in [-0.25, -0.2) is 8.78 Å². The molecule has 0 spiro atoms. The second kappa shape index (κ2) is 11.5. The minimum Gasteiger partial charge on any atom is -0.338 e. The van der Waals surface area contributed by atoms with Crippen LogP contribution in [-0.2, 0) is 35.5 Å². The maximum absolute atomic E-state index is 15.3. The van der Waals surface area contributed by atoms with E-state index in [1.54, 1.807) is 18.2 Å². The van der Waals surface area contributed by atoms with E-state index in [-0.39, 0.29) is 35.5 Å². The zero-order valence-electron chi connectivity index (χ0n) is 26.2. The van der Waals surface area contributed by atoms with Crippen LogP contribution in [0.3, 0.4) is 0 Å². The predicted molar refractivity (Wildman–Crippen MR) is 174 cm³/mol. The summed E-state index contributed by atoms with van der Waals surface area (Å²) in [5, 5.41) is 1.97. The third kappa shape index (κ3) is 4.83. The molecule has 2 aromatic carbocycles. The van der Waals surface area contributed by atoms with Crippen LogP contribution < -0.4 is 11.5 Å². The molecule has 10 heteroatoms. The van der Waals surface area contributed by atoms with Gasteiger partial charge < -0.3 is 30.4 Å². The molecule has 0 aliphatic carbocycles. The molecular formula is C36H42F2N6O2. The summed E-state index contributed by atoms with van der Waals surface area (Å²) in [6.45, 7) is 2.57. The molecule has 2 aromatic heterocycles. The van der Waals surface area contributed by atoms with Crippen molar-refractivity contribution in [2.45, 2.75) is 101 Å². The van der Waals surface area contributed by atoms with E-state index in [2.05, 4.69) is 15.2 Å². The van der Waals surface area contributed by atoms with Gasteiger partial charge in [-0.2, -0.15) is 0 Å². The Hall–Kier alpha value is -3.76. The zero-order valence-corrected chi connectivity index (χ0v) is 26.2. The summed E-state index contributed by atoms with van der Waals surface area (Å²) in [7, 11) is 0. The molecule has 8 rings (SSSR count). The highest BCUT2D eigenvalue weighted by Gasteiger charge is 2.36. The van der Waals surface area contributed by atoms with Crippen molar-refractivity contribution in [3.8, 4) is 11.4 Å². The summed E-state index contributed by atoms with van der Waals surface area (Å²) in [6, 6.07) is 9.10. The number of hydrogen-bond donors (Lipinski definition) is 2. The monoisotopic (exact) mass is 628 g/mol. The standard InChI is InChI=1S/C36H42F2N6O2/c37-22-9-10-26-28-19-25-6-4-12-42(25)36(46)30(40)8-2-1-7-29(39)35(45)41-11-3-5-24(41)16-21-15-23(38)18-32-27(21)20-33-34(28)44(31(26)17-22)14-13-43(32)33/h9-10,15,17-18,20,24-25,29-30H,1-8,11-14,16,19,39-40H2/t24-,25-,29-,30-/m0/s1. The Kier molecular flexibility index (Phi) is 7.40. The second-order valence-corrected chi connectivity index (χ2v) is 13.9. The van der Waals surface area contributed by atoms with Gasteiger partial charge in [0.25, 0.3) is 0 Å². The lowest BCUT2D eigenvalue weighted by atomic mass is 9.97. The lowest BCUT2D eigenvalue weighted by molar-refractivity contribution is -0.134. The zero-order chi connectivity index (χ0) is 31.7. The van der Waals surface area contributed by atoms with E-state index in [0.29, 0.717) is 51.9 Å². The first kappa shape index (κ1) is 29.6. The molecule has 2 saturated heterocycles. The van der Waals surface area contributed by atoms with Gasteiger partial charge in [0.15, 0.2) is 0 Å². The lowest BCUT2D eigenvalue weighted by Crippen LogP contribution is -2.47. The van der Waals surface area contributed by atoms with Gasteiger partial charge in [0, 0.05) is 49.0 Å². The van der Waals surface area contributed by atoms with Gasteiger partial charge in [-0.15, -0.1) is 0 Å². The van der Waals surface area contributed by atoms with E-state index in [0.717, 1.165) is 82.8 Å². The molecule has 4 atom stereocenters. The van der Waals surface area contributed by atoms with Crippen molar-refractivity contribution in [1.82, 2.24) is 18.9 Å². The molecule has 6 heterocycles. The normalized spacial score (nSPS) is 25.9. The number of benzene rings is 2. The molecule has 2 amide bonds. The molecule has 4 aromatic rings. The van der Waals surface area contributed by atoms with E-state index in [1.165, 1.54) is 6.07 Å². The van der Waals surface area contributed by atoms with Crippen molar-refractivity contribution in [1.29, 1.82) is 0 Å². The number of rotatable bonds is 0. The summed E-state index contributed by atoms with van der Waals surface area (Å²) >= 11 is 0. The maximum atomic E-state index is 15.3. The first-order valence-corrected chi connectivity index (χ1v) is 17.0. The second-order valence-electron chi connectivity index (χ2n) is 13.9. The van der Waals surface area contributed by atoms with Crippen LogP contribution in [0.1, 0.15) is 62.5 Å². The van der Waals surface area contributed by atoms with Crippen LogP contribution in [0.5, 0.6) is 0 Å². The fourth-order valence-electron chi connectivity index (χ4n) is 8.89. The predicted octanol–water partition coefficient (Wildman–Crippen LogP) is 4.85. The summed E-state index contributed by atoms with van der Waals surface area (Å²) in [5.41, 5.74) is 18.6. The van der Waals surface area contributed by atoms with Crippen LogP contribution >= 0.6 is 0 Å². The van der Waals surface area contributed by atoms with Crippen molar-refractivity contribution >= 4 is 33.6 Å². The summed E-state index contributed by atoms with van der Waals surface area (Å²) in [6.07, 6.45) is 7.25. The Labute approximate surface area is 267 Å². The number of amides is 2. The molecule has 4 aliphatic rings. The highest BCUT2D eigenvalue weighted by Crippen LogP contribution is 2.42. The molecule has 4 aliphatic heterocycles. The Balaban J connectivity index is 1.30. The van der Waals surface area contributed by atoms with Gasteiger partial charge in [0.05, 0.1) is 34.5 Å². The van der Waals surface area contributed by atoms with E-state index in [9.17, 15) is 14.0 Å². The van der Waals surface area contributed by atoms with Crippen LogP contribution in [0.25, 0.3) is 33.2 Å². The average Bonchev–Trinajstić information content (AvgIpc) is 3.83. The van der Waals surface area contributed by atoms with Crippen LogP contribution in [0.2, 0.25) is 0 Å². The molecule has 2 bridgehead atoms. The van der Waals surface area contributed by atoms with E-state index in [1.807, 2.05) is 15.9 Å². The summed E-state index contributed by atoms with van der Waals surface area (Å²) in [4.78, 5) is 31.1. The molecule has 4 N–H and O–H groups in total. The molecule has 0 saturated carbocycles. The number of aryl methyl sites for hydroxylation is 2. The maximum Gasteiger partial charge on any atom is 0.239 e.